The first-order valence-corrected chi connectivity index (χ1v) is 7.68. The van der Waals surface area contributed by atoms with Crippen LogP contribution in [0.5, 0.6) is 5.75 Å². The second kappa shape index (κ2) is 6.59. The molecule has 1 nitrogen and oxygen atoms in total. The van der Waals surface area contributed by atoms with Crippen molar-refractivity contribution in [2.45, 2.75) is 52.1 Å². The second-order valence-electron chi connectivity index (χ2n) is 5.75. The van der Waals surface area contributed by atoms with Gasteiger partial charge in [-0.2, -0.15) is 13.2 Å². The normalized spacial score (nSPS) is 16.0. The highest BCUT2D eigenvalue weighted by atomic mass is 19.4. The van der Waals surface area contributed by atoms with E-state index in [4.69, 9.17) is 0 Å². The molecule has 1 aromatic carbocycles. The average molecular weight is 310 g/mol. The Labute approximate surface area is 129 Å². The van der Waals surface area contributed by atoms with E-state index in [0.717, 1.165) is 32.1 Å². The SMILES string of the molecule is CCCCCC/C=C1\C=C(C(F)(F)F)c2cc(O)c(C)cc21. The summed E-state index contributed by atoms with van der Waals surface area (Å²) in [6.45, 7) is 3.82. The van der Waals surface area contributed by atoms with E-state index < -0.39 is 11.7 Å². The number of phenols is 1. The van der Waals surface area contributed by atoms with Gasteiger partial charge in [0, 0.05) is 0 Å². The predicted octanol–water partition coefficient (Wildman–Crippen LogP) is 6.01. The monoisotopic (exact) mass is 310 g/mol. The number of allylic oxidation sites excluding steroid dienone is 4. The Balaban J connectivity index is 2.31. The molecule has 0 aromatic heterocycles. The summed E-state index contributed by atoms with van der Waals surface area (Å²) in [7, 11) is 0. The Bertz CT molecular complexity index is 609. The third-order valence-corrected chi connectivity index (χ3v) is 3.96. The Morgan fingerprint density at radius 1 is 1.09 bits per heavy atom. The molecule has 0 atom stereocenters. The molecule has 0 aliphatic heterocycles. The van der Waals surface area contributed by atoms with Gasteiger partial charge in [-0.3, -0.25) is 0 Å². The highest BCUT2D eigenvalue weighted by molar-refractivity contribution is 5.97. The highest BCUT2D eigenvalue weighted by Crippen LogP contribution is 2.46. The smallest absolute Gasteiger partial charge is 0.417 e. The molecule has 1 aromatic rings. The molecule has 1 aliphatic rings. The topological polar surface area (TPSA) is 20.2 Å². The average Bonchev–Trinajstić information content (AvgIpc) is 2.77. The Morgan fingerprint density at radius 2 is 1.82 bits per heavy atom. The molecule has 0 amide bonds. The lowest BCUT2D eigenvalue weighted by atomic mass is 9.99. The van der Waals surface area contributed by atoms with E-state index >= 15 is 0 Å². The molecule has 0 fully saturated rings. The largest absolute Gasteiger partial charge is 0.508 e. The number of phenolic OH excluding ortho intramolecular Hbond substituents is 1. The number of hydrogen-bond acceptors (Lipinski definition) is 1. The maximum Gasteiger partial charge on any atom is 0.417 e. The van der Waals surface area contributed by atoms with E-state index in [-0.39, 0.29) is 11.3 Å². The van der Waals surface area contributed by atoms with Gasteiger partial charge in [0.1, 0.15) is 5.75 Å². The first-order chi connectivity index (χ1) is 10.3. The molecule has 22 heavy (non-hydrogen) atoms. The van der Waals surface area contributed by atoms with Crippen LogP contribution in [0.4, 0.5) is 13.2 Å². The standard InChI is InChI=1S/C18H21F3O/c1-3-4-5-6-7-8-13-10-16(18(19,20)21)15-11-17(22)12(2)9-14(13)15/h8-11,22H,3-7H2,1-2H3/b13-8+. The van der Waals surface area contributed by atoms with Crippen LogP contribution < -0.4 is 0 Å². The van der Waals surface area contributed by atoms with Gasteiger partial charge < -0.3 is 5.11 Å². The minimum absolute atomic E-state index is 0.0791. The van der Waals surface area contributed by atoms with Gasteiger partial charge in [-0.1, -0.05) is 32.3 Å². The summed E-state index contributed by atoms with van der Waals surface area (Å²) in [5.74, 6) is -0.0990. The summed E-state index contributed by atoms with van der Waals surface area (Å²) < 4.78 is 39.5. The third kappa shape index (κ3) is 3.54. The number of aryl methyl sites for hydroxylation is 1. The summed E-state index contributed by atoms with van der Waals surface area (Å²) in [4.78, 5) is 0. The van der Waals surface area contributed by atoms with Gasteiger partial charge in [-0.25, -0.2) is 0 Å². The van der Waals surface area contributed by atoms with Gasteiger partial charge in [-0.15, -0.1) is 0 Å². The minimum atomic E-state index is -4.41. The Morgan fingerprint density at radius 3 is 2.45 bits per heavy atom. The van der Waals surface area contributed by atoms with Crippen molar-refractivity contribution in [3.8, 4) is 5.75 Å². The molecule has 120 valence electrons. The summed E-state index contributed by atoms with van der Waals surface area (Å²) in [6.07, 6.45) is 3.81. The van der Waals surface area contributed by atoms with Crippen LogP contribution in [0.1, 0.15) is 55.7 Å². The van der Waals surface area contributed by atoms with Crippen molar-refractivity contribution < 1.29 is 18.3 Å². The first kappa shape index (κ1) is 16.7. The molecule has 4 heteroatoms. The number of benzene rings is 1. The van der Waals surface area contributed by atoms with Gasteiger partial charge in [0.15, 0.2) is 0 Å². The molecular weight excluding hydrogens is 289 g/mol. The quantitative estimate of drug-likeness (QED) is 0.660. The summed E-state index contributed by atoms with van der Waals surface area (Å²) >= 11 is 0. The Kier molecular flexibility index (Phi) is 4.99. The van der Waals surface area contributed by atoms with E-state index in [1.807, 2.05) is 6.08 Å². The molecule has 0 spiro atoms. The number of rotatable bonds is 5. The fourth-order valence-electron chi connectivity index (χ4n) is 2.70. The van der Waals surface area contributed by atoms with Crippen LogP contribution in [0.25, 0.3) is 11.1 Å². The highest BCUT2D eigenvalue weighted by Gasteiger charge is 2.39. The van der Waals surface area contributed by atoms with Crippen LogP contribution in [0, 0.1) is 6.92 Å². The Hall–Kier alpha value is -1.71. The lowest BCUT2D eigenvalue weighted by Gasteiger charge is -2.11. The lowest BCUT2D eigenvalue weighted by Crippen LogP contribution is -2.09. The summed E-state index contributed by atoms with van der Waals surface area (Å²) in [6, 6.07) is 2.86. The number of hydrogen-bond donors (Lipinski definition) is 1. The van der Waals surface area contributed by atoms with Gasteiger partial charge in [0.25, 0.3) is 0 Å². The van der Waals surface area contributed by atoms with Crippen LogP contribution in [-0.2, 0) is 0 Å². The number of halogens is 3. The first-order valence-electron chi connectivity index (χ1n) is 7.68. The third-order valence-electron chi connectivity index (χ3n) is 3.96. The molecule has 0 bridgehead atoms. The molecule has 0 saturated heterocycles. The van der Waals surface area contributed by atoms with E-state index in [2.05, 4.69) is 6.92 Å². The van der Waals surface area contributed by atoms with Crippen molar-refractivity contribution in [1.82, 2.24) is 0 Å². The molecule has 1 N–H and O–H groups in total. The number of fused-ring (bicyclic) bond motifs is 1. The van der Waals surface area contributed by atoms with Crippen molar-refractivity contribution in [3.63, 3.8) is 0 Å². The van der Waals surface area contributed by atoms with Crippen LogP contribution in [0.15, 0.2) is 24.3 Å². The zero-order valence-electron chi connectivity index (χ0n) is 12.9. The van der Waals surface area contributed by atoms with Gasteiger partial charge in [0.05, 0.1) is 5.57 Å². The predicted molar refractivity (Wildman–Crippen MR) is 83.6 cm³/mol. The maximum absolute atomic E-state index is 13.2. The van der Waals surface area contributed by atoms with E-state index in [0.29, 0.717) is 16.7 Å². The lowest BCUT2D eigenvalue weighted by molar-refractivity contribution is -0.0687. The minimum Gasteiger partial charge on any atom is -0.508 e. The maximum atomic E-state index is 13.2. The van der Waals surface area contributed by atoms with E-state index in [1.54, 1.807) is 13.0 Å². The van der Waals surface area contributed by atoms with Gasteiger partial charge in [0.2, 0.25) is 0 Å². The molecular formula is C18H21F3O. The van der Waals surface area contributed by atoms with E-state index in [9.17, 15) is 18.3 Å². The molecule has 0 radical (unpaired) electrons. The van der Waals surface area contributed by atoms with Gasteiger partial charge in [-0.05, 0) is 60.2 Å². The zero-order chi connectivity index (χ0) is 16.3. The number of unbranched alkanes of at least 4 members (excludes halogenated alkanes) is 4. The summed E-state index contributed by atoms with van der Waals surface area (Å²) in [5.41, 5.74) is 1.18. The molecule has 0 heterocycles. The molecule has 0 unspecified atom stereocenters. The van der Waals surface area contributed by atoms with E-state index in [1.165, 1.54) is 12.1 Å². The fraction of sp³-hybridized carbons (Fsp3) is 0.444. The number of alkyl halides is 3. The van der Waals surface area contributed by atoms with Crippen LogP contribution in [0.3, 0.4) is 0 Å². The van der Waals surface area contributed by atoms with Crippen molar-refractivity contribution in [1.29, 1.82) is 0 Å². The van der Waals surface area contributed by atoms with Crippen molar-refractivity contribution in [2.24, 2.45) is 0 Å². The second-order valence-corrected chi connectivity index (χ2v) is 5.75. The fourth-order valence-corrected chi connectivity index (χ4v) is 2.70. The van der Waals surface area contributed by atoms with Crippen LogP contribution in [0.2, 0.25) is 0 Å². The van der Waals surface area contributed by atoms with Crippen LogP contribution in [-0.4, -0.2) is 11.3 Å². The summed E-state index contributed by atoms with van der Waals surface area (Å²) in [5, 5.41) is 9.71. The van der Waals surface area contributed by atoms with Gasteiger partial charge >= 0.3 is 6.18 Å². The van der Waals surface area contributed by atoms with Crippen molar-refractivity contribution >= 4 is 11.1 Å². The van der Waals surface area contributed by atoms with Crippen molar-refractivity contribution in [2.75, 3.05) is 0 Å². The van der Waals surface area contributed by atoms with Crippen LogP contribution >= 0.6 is 0 Å². The molecule has 0 saturated carbocycles. The molecule has 1 aliphatic carbocycles. The van der Waals surface area contributed by atoms with Crippen molar-refractivity contribution in [3.05, 3.63) is 41.0 Å². The molecule has 2 rings (SSSR count). The number of aromatic hydroxyl groups is 1. The zero-order valence-corrected chi connectivity index (χ0v) is 12.9.